The quantitative estimate of drug-likeness (QED) is 0.418. The molecule has 3 amide bonds. The molecule has 0 aliphatic rings. The number of Topliss-reactive ketones (excluding diaryl/α,β-unsaturated/α-hetero) is 1. The molecule has 0 unspecified atom stereocenters. The van der Waals surface area contributed by atoms with E-state index in [-0.39, 0.29) is 12.1 Å². The second kappa shape index (κ2) is 13.0. The lowest BCUT2D eigenvalue weighted by molar-refractivity contribution is -0.140. The number of alkyl halides is 1. The van der Waals surface area contributed by atoms with Gasteiger partial charge in [0.1, 0.15) is 24.4 Å². The Morgan fingerprint density at radius 3 is 2.29 bits per heavy atom. The van der Waals surface area contributed by atoms with Gasteiger partial charge in [0.15, 0.2) is 5.78 Å². The van der Waals surface area contributed by atoms with E-state index in [1.165, 1.54) is 23.2 Å². The van der Waals surface area contributed by atoms with E-state index in [2.05, 4.69) is 10.6 Å². The van der Waals surface area contributed by atoms with Gasteiger partial charge in [0, 0.05) is 25.7 Å². The minimum absolute atomic E-state index is 0.0175. The number of halogens is 1. The summed E-state index contributed by atoms with van der Waals surface area (Å²) in [4.78, 5) is 63.4. The van der Waals surface area contributed by atoms with E-state index in [1.54, 1.807) is 44.2 Å². The minimum Gasteiger partial charge on any atom is -0.481 e. The third-order valence-corrected chi connectivity index (χ3v) is 5.39. The highest BCUT2D eigenvalue weighted by Crippen LogP contribution is 2.16. The van der Waals surface area contributed by atoms with Crippen molar-refractivity contribution in [1.29, 1.82) is 0 Å². The Kier molecular flexibility index (Phi) is 10.1. The standard InChI is InChI=1S/C24H29FN4O6/c1-3-28(4-2)24(35)27-17-11-8-12-29(23(17)34)19(13-16-9-6-5-7-10-16)22(33)26-18(14-21(31)32)20(30)15-25/h5-12,18-19H,3-4,13-15H2,1-2H3,(H,26,33)(H,27,35)(H,31,32)/t18-,19-/m0/s1. The highest BCUT2D eigenvalue weighted by Gasteiger charge is 2.29. The largest absolute Gasteiger partial charge is 0.481 e. The lowest BCUT2D eigenvalue weighted by Crippen LogP contribution is -2.47. The van der Waals surface area contributed by atoms with Crippen LogP contribution in [0.2, 0.25) is 0 Å². The fourth-order valence-corrected chi connectivity index (χ4v) is 3.49. The molecule has 35 heavy (non-hydrogen) atoms. The highest BCUT2D eigenvalue weighted by molar-refractivity contribution is 5.93. The summed E-state index contributed by atoms with van der Waals surface area (Å²) < 4.78 is 14.1. The average molecular weight is 489 g/mol. The van der Waals surface area contributed by atoms with Crippen LogP contribution in [0.1, 0.15) is 31.9 Å². The molecule has 2 atom stereocenters. The summed E-state index contributed by atoms with van der Waals surface area (Å²) in [5.74, 6) is -3.32. The number of pyridine rings is 1. The van der Waals surface area contributed by atoms with Crippen LogP contribution in [0.5, 0.6) is 0 Å². The summed E-state index contributed by atoms with van der Waals surface area (Å²) in [5.41, 5.74) is -0.0448. The van der Waals surface area contributed by atoms with Crippen molar-refractivity contribution in [3.8, 4) is 0 Å². The number of rotatable bonds is 12. The van der Waals surface area contributed by atoms with E-state index in [4.69, 9.17) is 5.11 Å². The number of carbonyl (C=O) groups excluding carboxylic acids is 3. The number of aliphatic carboxylic acids is 1. The lowest BCUT2D eigenvalue weighted by atomic mass is 10.0. The highest BCUT2D eigenvalue weighted by atomic mass is 19.1. The van der Waals surface area contributed by atoms with Crippen LogP contribution in [0.4, 0.5) is 14.9 Å². The Morgan fingerprint density at radius 1 is 1.06 bits per heavy atom. The number of aromatic nitrogens is 1. The first-order valence-electron chi connectivity index (χ1n) is 11.1. The monoisotopic (exact) mass is 488 g/mol. The Morgan fingerprint density at radius 2 is 1.71 bits per heavy atom. The third kappa shape index (κ3) is 7.49. The molecular formula is C24H29FN4O6. The van der Waals surface area contributed by atoms with Crippen molar-refractivity contribution in [3.63, 3.8) is 0 Å². The number of carboxylic acid groups (broad SMARTS) is 1. The molecule has 0 bridgehead atoms. The second-order valence-corrected chi connectivity index (χ2v) is 7.70. The van der Waals surface area contributed by atoms with Crippen LogP contribution < -0.4 is 16.2 Å². The molecule has 3 N–H and O–H groups in total. The van der Waals surface area contributed by atoms with Crippen molar-refractivity contribution in [3.05, 3.63) is 64.6 Å². The van der Waals surface area contributed by atoms with Gasteiger partial charge in [0.25, 0.3) is 5.56 Å². The minimum atomic E-state index is -1.59. The van der Waals surface area contributed by atoms with Crippen LogP contribution in [0.25, 0.3) is 0 Å². The number of nitrogens with zero attached hydrogens (tertiary/aromatic N) is 2. The molecule has 2 aromatic rings. The summed E-state index contributed by atoms with van der Waals surface area (Å²) >= 11 is 0. The summed E-state index contributed by atoms with van der Waals surface area (Å²) in [6.45, 7) is 2.98. The van der Waals surface area contributed by atoms with Crippen molar-refractivity contribution in [1.82, 2.24) is 14.8 Å². The topological polar surface area (TPSA) is 138 Å². The number of anilines is 1. The van der Waals surface area contributed by atoms with Crippen molar-refractivity contribution >= 4 is 29.4 Å². The Labute approximate surface area is 201 Å². The molecule has 2 rings (SSSR count). The summed E-state index contributed by atoms with van der Waals surface area (Å²) in [6, 6.07) is 8.33. The number of benzene rings is 1. The Balaban J connectivity index is 2.45. The second-order valence-electron chi connectivity index (χ2n) is 7.70. The van der Waals surface area contributed by atoms with Crippen LogP contribution in [0.3, 0.4) is 0 Å². The van der Waals surface area contributed by atoms with Gasteiger partial charge in [-0.2, -0.15) is 0 Å². The van der Waals surface area contributed by atoms with E-state index in [1.807, 2.05) is 0 Å². The summed E-state index contributed by atoms with van der Waals surface area (Å²) in [5, 5.41) is 13.9. The molecule has 0 radical (unpaired) electrons. The van der Waals surface area contributed by atoms with Crippen LogP contribution in [-0.4, -0.2) is 64.1 Å². The molecular weight excluding hydrogens is 459 g/mol. The van der Waals surface area contributed by atoms with Crippen molar-refractivity contribution in [2.24, 2.45) is 0 Å². The van der Waals surface area contributed by atoms with E-state index in [0.717, 1.165) is 4.57 Å². The molecule has 10 nitrogen and oxygen atoms in total. The molecule has 1 heterocycles. The number of urea groups is 1. The van der Waals surface area contributed by atoms with Crippen molar-refractivity contribution in [2.75, 3.05) is 25.1 Å². The molecule has 0 aliphatic heterocycles. The Hall–Kier alpha value is -4.02. The van der Waals surface area contributed by atoms with Gasteiger partial charge in [0.2, 0.25) is 5.91 Å². The number of carboxylic acids is 1. The van der Waals surface area contributed by atoms with Gasteiger partial charge < -0.3 is 25.2 Å². The number of hydrogen-bond acceptors (Lipinski definition) is 5. The normalized spacial score (nSPS) is 12.3. The molecule has 11 heteroatoms. The van der Waals surface area contributed by atoms with Gasteiger partial charge >= 0.3 is 12.0 Å². The first kappa shape index (κ1) is 27.2. The zero-order valence-corrected chi connectivity index (χ0v) is 19.6. The SMILES string of the molecule is CCN(CC)C(=O)Nc1cccn([C@@H](Cc2ccccc2)C(=O)N[C@@H](CC(=O)O)C(=O)CF)c1=O. The van der Waals surface area contributed by atoms with Crippen molar-refractivity contribution in [2.45, 2.75) is 38.8 Å². The van der Waals surface area contributed by atoms with E-state index >= 15 is 0 Å². The fourth-order valence-electron chi connectivity index (χ4n) is 3.49. The van der Waals surface area contributed by atoms with Gasteiger partial charge in [-0.25, -0.2) is 9.18 Å². The van der Waals surface area contributed by atoms with Crippen molar-refractivity contribution < 1.29 is 28.7 Å². The predicted octanol–water partition coefficient (Wildman–Crippen LogP) is 2.00. The lowest BCUT2D eigenvalue weighted by Gasteiger charge is -2.24. The summed E-state index contributed by atoms with van der Waals surface area (Å²) in [6.07, 6.45) is 0.566. The summed E-state index contributed by atoms with van der Waals surface area (Å²) in [7, 11) is 0. The van der Waals surface area contributed by atoms with Crippen LogP contribution in [0, 0.1) is 0 Å². The van der Waals surface area contributed by atoms with Gasteiger partial charge in [0.05, 0.1) is 6.42 Å². The number of nitrogens with one attached hydrogen (secondary N) is 2. The van der Waals surface area contributed by atoms with Gasteiger partial charge in [-0.3, -0.25) is 19.2 Å². The van der Waals surface area contributed by atoms with E-state index in [0.29, 0.717) is 18.7 Å². The van der Waals surface area contributed by atoms with E-state index in [9.17, 15) is 28.4 Å². The number of ketones is 1. The average Bonchev–Trinajstić information content (AvgIpc) is 2.84. The molecule has 0 saturated heterocycles. The third-order valence-electron chi connectivity index (χ3n) is 5.39. The fraction of sp³-hybridized carbons (Fsp3) is 0.375. The van der Waals surface area contributed by atoms with E-state index < -0.39 is 54.4 Å². The molecule has 1 aromatic heterocycles. The molecule has 0 aliphatic carbocycles. The maximum absolute atomic E-state index is 13.2. The number of amides is 3. The maximum atomic E-state index is 13.2. The first-order chi connectivity index (χ1) is 16.7. The van der Waals surface area contributed by atoms with Crippen LogP contribution in [0.15, 0.2) is 53.5 Å². The predicted molar refractivity (Wildman–Crippen MR) is 127 cm³/mol. The van der Waals surface area contributed by atoms with Crippen LogP contribution >= 0.6 is 0 Å². The Bertz CT molecular complexity index is 1100. The zero-order valence-electron chi connectivity index (χ0n) is 19.6. The van der Waals surface area contributed by atoms with Gasteiger partial charge in [-0.15, -0.1) is 0 Å². The zero-order chi connectivity index (χ0) is 26.0. The van der Waals surface area contributed by atoms with Gasteiger partial charge in [-0.05, 0) is 31.5 Å². The number of carbonyl (C=O) groups is 4. The smallest absolute Gasteiger partial charge is 0.321 e. The molecule has 1 aromatic carbocycles. The first-order valence-corrected chi connectivity index (χ1v) is 11.1. The molecule has 188 valence electrons. The number of hydrogen-bond donors (Lipinski definition) is 3. The maximum Gasteiger partial charge on any atom is 0.321 e. The van der Waals surface area contributed by atoms with Gasteiger partial charge in [-0.1, -0.05) is 30.3 Å². The molecule has 0 spiro atoms. The molecule has 0 fully saturated rings. The molecule has 0 saturated carbocycles. The van der Waals surface area contributed by atoms with Crippen LogP contribution in [-0.2, 0) is 20.8 Å².